The van der Waals surface area contributed by atoms with Gasteiger partial charge in [0.2, 0.25) is 0 Å². The van der Waals surface area contributed by atoms with Gasteiger partial charge in [-0.1, -0.05) is 0 Å². The summed E-state index contributed by atoms with van der Waals surface area (Å²) in [5, 5.41) is 3.52. The van der Waals surface area contributed by atoms with Gasteiger partial charge in [0.15, 0.2) is 0 Å². The summed E-state index contributed by atoms with van der Waals surface area (Å²) >= 11 is 0. The van der Waals surface area contributed by atoms with Crippen LogP contribution in [0.3, 0.4) is 0 Å². The first-order chi connectivity index (χ1) is 8.42. The van der Waals surface area contributed by atoms with Gasteiger partial charge in [0.05, 0.1) is 7.11 Å². The van der Waals surface area contributed by atoms with Gasteiger partial charge in [-0.05, 0) is 57.9 Å². The molecule has 1 N–H and O–H groups in total. The topological polar surface area (TPSA) is 30.5 Å². The Kier molecular flexibility index (Phi) is 3.53. The van der Waals surface area contributed by atoms with Crippen molar-refractivity contribution in [3.05, 3.63) is 24.3 Å². The van der Waals surface area contributed by atoms with Crippen molar-refractivity contribution in [1.29, 1.82) is 0 Å². The SMILES string of the molecule is COc1ccc(OC2(CNC(C)(C)C)CC2)cc1. The molecule has 18 heavy (non-hydrogen) atoms. The van der Waals surface area contributed by atoms with Crippen molar-refractivity contribution in [1.82, 2.24) is 5.32 Å². The van der Waals surface area contributed by atoms with Crippen LogP contribution in [-0.4, -0.2) is 24.8 Å². The highest BCUT2D eigenvalue weighted by molar-refractivity contribution is 5.32. The van der Waals surface area contributed by atoms with Gasteiger partial charge in [-0.15, -0.1) is 0 Å². The second-order valence-electron chi connectivity index (χ2n) is 6.06. The fraction of sp³-hybridized carbons (Fsp3) is 0.600. The molecule has 0 heterocycles. The molecule has 2 rings (SSSR count). The van der Waals surface area contributed by atoms with E-state index in [0.717, 1.165) is 30.9 Å². The Balaban J connectivity index is 1.91. The summed E-state index contributed by atoms with van der Waals surface area (Å²) in [5.74, 6) is 1.78. The van der Waals surface area contributed by atoms with Crippen LogP contribution >= 0.6 is 0 Å². The monoisotopic (exact) mass is 249 g/mol. The number of hydrogen-bond donors (Lipinski definition) is 1. The van der Waals surface area contributed by atoms with Gasteiger partial charge < -0.3 is 14.8 Å². The quantitative estimate of drug-likeness (QED) is 0.870. The van der Waals surface area contributed by atoms with Gasteiger partial charge in [-0.3, -0.25) is 0 Å². The fourth-order valence-electron chi connectivity index (χ4n) is 1.77. The smallest absolute Gasteiger partial charge is 0.122 e. The summed E-state index contributed by atoms with van der Waals surface area (Å²) in [4.78, 5) is 0. The van der Waals surface area contributed by atoms with E-state index in [0.29, 0.717) is 0 Å². The van der Waals surface area contributed by atoms with E-state index in [2.05, 4.69) is 26.1 Å². The third kappa shape index (κ3) is 3.64. The number of nitrogens with one attached hydrogen (secondary N) is 1. The molecule has 0 bridgehead atoms. The molecule has 0 radical (unpaired) electrons. The first-order valence-electron chi connectivity index (χ1n) is 6.51. The minimum absolute atomic E-state index is 0.00185. The largest absolute Gasteiger partial charge is 0.497 e. The van der Waals surface area contributed by atoms with Crippen molar-refractivity contribution in [2.45, 2.75) is 44.8 Å². The summed E-state index contributed by atoms with van der Waals surface area (Å²) in [7, 11) is 1.67. The van der Waals surface area contributed by atoms with Crippen LogP contribution in [-0.2, 0) is 0 Å². The lowest BCUT2D eigenvalue weighted by Gasteiger charge is -2.26. The van der Waals surface area contributed by atoms with Crippen LogP contribution in [0, 0.1) is 0 Å². The minimum Gasteiger partial charge on any atom is -0.497 e. The van der Waals surface area contributed by atoms with Crippen LogP contribution in [0.4, 0.5) is 0 Å². The molecule has 0 spiro atoms. The molecule has 1 aliphatic carbocycles. The molecular formula is C15H23NO2. The molecule has 0 aromatic heterocycles. The molecule has 3 heteroatoms. The maximum atomic E-state index is 6.09. The van der Waals surface area contributed by atoms with Gasteiger partial charge in [0.25, 0.3) is 0 Å². The number of ether oxygens (including phenoxy) is 2. The standard InChI is InChI=1S/C15H23NO2/c1-14(2,3)16-11-15(9-10-15)18-13-7-5-12(17-4)6-8-13/h5-8,16H,9-11H2,1-4H3. The van der Waals surface area contributed by atoms with E-state index in [9.17, 15) is 0 Å². The first-order valence-corrected chi connectivity index (χ1v) is 6.51. The van der Waals surface area contributed by atoms with Crippen LogP contribution in [0.2, 0.25) is 0 Å². The van der Waals surface area contributed by atoms with E-state index in [1.165, 1.54) is 0 Å². The van der Waals surface area contributed by atoms with Crippen LogP contribution in [0.25, 0.3) is 0 Å². The lowest BCUT2D eigenvalue weighted by Crippen LogP contribution is -2.43. The van der Waals surface area contributed by atoms with Crippen molar-refractivity contribution in [2.75, 3.05) is 13.7 Å². The highest BCUT2D eigenvalue weighted by Crippen LogP contribution is 2.40. The summed E-state index contributed by atoms with van der Waals surface area (Å²) in [6.45, 7) is 7.44. The second kappa shape index (κ2) is 4.81. The molecule has 0 unspecified atom stereocenters. The molecule has 0 atom stereocenters. The maximum Gasteiger partial charge on any atom is 0.122 e. The number of benzene rings is 1. The molecule has 0 amide bonds. The van der Waals surface area contributed by atoms with E-state index in [-0.39, 0.29) is 11.1 Å². The molecule has 100 valence electrons. The Hall–Kier alpha value is -1.22. The van der Waals surface area contributed by atoms with Crippen LogP contribution in [0.1, 0.15) is 33.6 Å². The summed E-state index contributed by atoms with van der Waals surface area (Å²) < 4.78 is 11.2. The van der Waals surface area contributed by atoms with Gasteiger partial charge in [-0.25, -0.2) is 0 Å². The lowest BCUT2D eigenvalue weighted by molar-refractivity contribution is 0.164. The Morgan fingerprint density at radius 2 is 1.67 bits per heavy atom. The summed E-state index contributed by atoms with van der Waals surface area (Å²) in [5.41, 5.74) is 0.140. The van der Waals surface area contributed by atoms with E-state index < -0.39 is 0 Å². The fourth-order valence-corrected chi connectivity index (χ4v) is 1.77. The average Bonchev–Trinajstić information content (AvgIpc) is 3.07. The van der Waals surface area contributed by atoms with Crippen molar-refractivity contribution < 1.29 is 9.47 Å². The second-order valence-corrected chi connectivity index (χ2v) is 6.06. The van der Waals surface area contributed by atoms with E-state index in [4.69, 9.17) is 9.47 Å². The summed E-state index contributed by atoms with van der Waals surface area (Å²) in [6, 6.07) is 7.80. The van der Waals surface area contributed by atoms with E-state index >= 15 is 0 Å². The van der Waals surface area contributed by atoms with Gasteiger partial charge in [0, 0.05) is 12.1 Å². The van der Waals surface area contributed by atoms with Crippen molar-refractivity contribution in [3.63, 3.8) is 0 Å². The average molecular weight is 249 g/mol. The molecule has 1 aromatic rings. The predicted molar refractivity (Wildman–Crippen MR) is 73.3 cm³/mol. The van der Waals surface area contributed by atoms with Crippen LogP contribution in [0.15, 0.2) is 24.3 Å². The third-order valence-electron chi connectivity index (χ3n) is 3.14. The molecule has 1 aliphatic rings. The highest BCUT2D eigenvalue weighted by Gasteiger charge is 2.45. The number of methoxy groups -OCH3 is 1. The zero-order valence-electron chi connectivity index (χ0n) is 11.7. The van der Waals surface area contributed by atoms with E-state index in [1.54, 1.807) is 7.11 Å². The van der Waals surface area contributed by atoms with Gasteiger partial charge in [0.1, 0.15) is 17.1 Å². The number of rotatable bonds is 5. The van der Waals surface area contributed by atoms with E-state index in [1.807, 2.05) is 24.3 Å². The van der Waals surface area contributed by atoms with Gasteiger partial charge in [-0.2, -0.15) is 0 Å². The highest BCUT2D eigenvalue weighted by atomic mass is 16.5. The molecule has 1 aromatic carbocycles. The van der Waals surface area contributed by atoms with Crippen LogP contribution < -0.4 is 14.8 Å². The Morgan fingerprint density at radius 3 is 2.11 bits per heavy atom. The van der Waals surface area contributed by atoms with Crippen molar-refractivity contribution in [3.8, 4) is 11.5 Å². The van der Waals surface area contributed by atoms with Gasteiger partial charge >= 0.3 is 0 Å². The molecular weight excluding hydrogens is 226 g/mol. The Labute approximate surface area is 109 Å². The van der Waals surface area contributed by atoms with Crippen molar-refractivity contribution in [2.24, 2.45) is 0 Å². The third-order valence-corrected chi connectivity index (χ3v) is 3.14. The molecule has 1 saturated carbocycles. The predicted octanol–water partition coefficient (Wildman–Crippen LogP) is 2.99. The maximum absolute atomic E-state index is 6.09. The van der Waals surface area contributed by atoms with Crippen molar-refractivity contribution >= 4 is 0 Å². The zero-order valence-corrected chi connectivity index (χ0v) is 11.7. The Morgan fingerprint density at radius 1 is 1.11 bits per heavy atom. The molecule has 3 nitrogen and oxygen atoms in total. The Bertz CT molecular complexity index is 388. The zero-order chi connectivity index (χ0) is 13.2. The summed E-state index contributed by atoms with van der Waals surface area (Å²) in [6.07, 6.45) is 2.25. The lowest BCUT2D eigenvalue weighted by atomic mass is 10.1. The molecule has 0 aliphatic heterocycles. The first kappa shape index (κ1) is 13.2. The molecule has 0 saturated heterocycles. The minimum atomic E-state index is 0.00185. The normalized spacial score (nSPS) is 17.3. The molecule has 1 fully saturated rings. The van der Waals surface area contributed by atoms with Crippen LogP contribution in [0.5, 0.6) is 11.5 Å². The number of hydrogen-bond acceptors (Lipinski definition) is 3.